The molecule has 0 spiro atoms. The molecule has 1 unspecified atom stereocenters. The minimum Gasteiger partial charge on any atom is -0.490 e. The summed E-state index contributed by atoms with van der Waals surface area (Å²) >= 11 is 0. The Morgan fingerprint density at radius 3 is 2.71 bits per heavy atom. The van der Waals surface area contributed by atoms with Gasteiger partial charge in [-0.15, -0.1) is 0 Å². The van der Waals surface area contributed by atoms with Crippen molar-refractivity contribution < 1.29 is 22.6 Å². The normalized spacial score (nSPS) is 17.8. The molecule has 1 atom stereocenters. The van der Waals surface area contributed by atoms with Crippen LogP contribution < -0.4 is 4.74 Å². The number of hydrogen-bond acceptors (Lipinski definition) is 3. The fourth-order valence-electron chi connectivity index (χ4n) is 1.98. The van der Waals surface area contributed by atoms with Gasteiger partial charge < -0.3 is 14.0 Å². The maximum atomic E-state index is 12.7. The van der Waals surface area contributed by atoms with Crippen LogP contribution in [0.4, 0.5) is 13.2 Å². The van der Waals surface area contributed by atoms with Gasteiger partial charge in [-0.1, -0.05) is 12.1 Å². The van der Waals surface area contributed by atoms with E-state index in [1.54, 1.807) is 24.3 Å². The molecule has 112 valence electrons. The Kier molecular flexibility index (Phi) is 3.36. The van der Waals surface area contributed by atoms with Crippen LogP contribution in [0.3, 0.4) is 0 Å². The molecule has 0 radical (unpaired) electrons. The number of alkyl halides is 3. The number of ether oxygens (including phenoxy) is 2. The molecular weight excluding hydrogens is 285 g/mol. The molecule has 0 bridgehead atoms. The number of aryl methyl sites for hydroxylation is 1. The van der Waals surface area contributed by atoms with Crippen LogP contribution in [0.1, 0.15) is 5.69 Å². The van der Waals surface area contributed by atoms with E-state index in [1.165, 1.54) is 11.6 Å². The number of imidazole rings is 1. The highest BCUT2D eigenvalue weighted by molar-refractivity contribution is 5.64. The second-order valence-electron chi connectivity index (χ2n) is 4.82. The van der Waals surface area contributed by atoms with E-state index in [-0.39, 0.29) is 11.9 Å². The average molecular weight is 298 g/mol. The fourth-order valence-corrected chi connectivity index (χ4v) is 1.98. The highest BCUT2D eigenvalue weighted by atomic mass is 19.4. The number of epoxide rings is 1. The number of aromatic nitrogens is 2. The monoisotopic (exact) mass is 298 g/mol. The van der Waals surface area contributed by atoms with Gasteiger partial charge in [0.25, 0.3) is 0 Å². The van der Waals surface area contributed by atoms with Gasteiger partial charge in [0, 0.05) is 13.2 Å². The molecule has 7 heteroatoms. The molecule has 0 saturated carbocycles. The van der Waals surface area contributed by atoms with E-state index >= 15 is 0 Å². The molecule has 1 saturated heterocycles. The van der Waals surface area contributed by atoms with Crippen LogP contribution in [-0.2, 0) is 18.0 Å². The van der Waals surface area contributed by atoms with Crippen molar-refractivity contribution in [1.82, 2.24) is 9.55 Å². The van der Waals surface area contributed by atoms with E-state index in [9.17, 15) is 13.2 Å². The maximum Gasteiger partial charge on any atom is 0.434 e. The first-order valence-corrected chi connectivity index (χ1v) is 6.39. The van der Waals surface area contributed by atoms with Crippen molar-refractivity contribution in [3.8, 4) is 17.1 Å². The zero-order valence-electron chi connectivity index (χ0n) is 11.2. The number of halogens is 3. The predicted octanol–water partition coefficient (Wildman–Crippen LogP) is 2.88. The van der Waals surface area contributed by atoms with Crippen LogP contribution in [-0.4, -0.2) is 28.9 Å². The van der Waals surface area contributed by atoms with Crippen LogP contribution in [0.5, 0.6) is 5.75 Å². The molecule has 2 aromatic rings. The van der Waals surface area contributed by atoms with Crippen LogP contribution in [0.25, 0.3) is 11.4 Å². The summed E-state index contributed by atoms with van der Waals surface area (Å²) in [7, 11) is 1.53. The molecule has 0 aliphatic carbocycles. The van der Waals surface area contributed by atoms with E-state index in [1.807, 2.05) is 0 Å². The van der Waals surface area contributed by atoms with Crippen LogP contribution >= 0.6 is 0 Å². The second kappa shape index (κ2) is 5.07. The molecule has 0 N–H and O–H groups in total. The Labute approximate surface area is 119 Å². The summed E-state index contributed by atoms with van der Waals surface area (Å²) in [6.45, 7) is 1.04. The third-order valence-electron chi connectivity index (χ3n) is 3.12. The summed E-state index contributed by atoms with van der Waals surface area (Å²) in [6, 6.07) is 6.89. The van der Waals surface area contributed by atoms with Gasteiger partial charge in [0.05, 0.1) is 12.2 Å². The molecule has 3 rings (SSSR count). The van der Waals surface area contributed by atoms with Crippen molar-refractivity contribution in [3.63, 3.8) is 0 Å². The van der Waals surface area contributed by atoms with Crippen molar-refractivity contribution >= 4 is 0 Å². The lowest BCUT2D eigenvalue weighted by atomic mass is 10.2. The Bertz CT molecular complexity index is 648. The minimum atomic E-state index is -4.46. The van der Waals surface area contributed by atoms with Crippen molar-refractivity contribution in [1.29, 1.82) is 0 Å². The summed E-state index contributed by atoms with van der Waals surface area (Å²) in [5.41, 5.74) is -0.392. The number of rotatable bonds is 4. The standard InChI is InChI=1S/C14H13F3N2O2/c1-19-6-12(14(15,16)17)18-13(19)10-4-2-3-5-11(10)21-8-9-7-20-9/h2-6,9H,7-8H2,1H3. The molecule has 1 aliphatic heterocycles. The lowest BCUT2D eigenvalue weighted by Crippen LogP contribution is -2.06. The van der Waals surface area contributed by atoms with Gasteiger partial charge in [-0.05, 0) is 12.1 Å². The Morgan fingerprint density at radius 2 is 2.10 bits per heavy atom. The average Bonchev–Trinajstić information content (AvgIpc) is 3.17. The van der Waals surface area contributed by atoms with E-state index in [0.717, 1.165) is 6.20 Å². The number of para-hydroxylation sites is 1. The molecule has 2 heterocycles. The summed E-state index contributed by atoms with van der Waals surface area (Å²) in [5, 5.41) is 0. The lowest BCUT2D eigenvalue weighted by Gasteiger charge is -2.10. The first-order valence-electron chi connectivity index (χ1n) is 6.39. The molecular formula is C14H13F3N2O2. The molecule has 1 aromatic heterocycles. The predicted molar refractivity (Wildman–Crippen MR) is 68.9 cm³/mol. The van der Waals surface area contributed by atoms with Gasteiger partial charge >= 0.3 is 6.18 Å². The third kappa shape index (κ3) is 3.02. The van der Waals surface area contributed by atoms with Crippen molar-refractivity contribution in [3.05, 3.63) is 36.2 Å². The summed E-state index contributed by atoms with van der Waals surface area (Å²) < 4.78 is 50.2. The first kappa shape index (κ1) is 13.9. The van der Waals surface area contributed by atoms with E-state index in [0.29, 0.717) is 24.5 Å². The van der Waals surface area contributed by atoms with Gasteiger partial charge in [-0.3, -0.25) is 0 Å². The van der Waals surface area contributed by atoms with Gasteiger partial charge in [0.15, 0.2) is 5.69 Å². The van der Waals surface area contributed by atoms with Crippen LogP contribution in [0.2, 0.25) is 0 Å². The van der Waals surface area contributed by atoms with Crippen molar-refractivity contribution in [2.24, 2.45) is 7.05 Å². The topological polar surface area (TPSA) is 39.6 Å². The Balaban J connectivity index is 1.94. The molecule has 1 fully saturated rings. The molecule has 1 aromatic carbocycles. The maximum absolute atomic E-state index is 12.7. The van der Waals surface area contributed by atoms with Gasteiger partial charge in [0.1, 0.15) is 24.3 Å². The van der Waals surface area contributed by atoms with E-state index in [2.05, 4.69) is 4.98 Å². The van der Waals surface area contributed by atoms with Crippen LogP contribution in [0, 0.1) is 0 Å². The number of benzene rings is 1. The summed E-state index contributed by atoms with van der Waals surface area (Å²) in [6.07, 6.45) is -3.42. The highest BCUT2D eigenvalue weighted by Crippen LogP contribution is 2.34. The fraction of sp³-hybridized carbons (Fsp3) is 0.357. The molecule has 21 heavy (non-hydrogen) atoms. The van der Waals surface area contributed by atoms with Crippen molar-refractivity contribution in [2.45, 2.75) is 12.3 Å². The number of nitrogens with zero attached hydrogens (tertiary/aromatic N) is 2. The minimum absolute atomic E-state index is 0.0742. The smallest absolute Gasteiger partial charge is 0.434 e. The van der Waals surface area contributed by atoms with E-state index in [4.69, 9.17) is 9.47 Å². The summed E-state index contributed by atoms with van der Waals surface area (Å²) in [5.74, 6) is 0.713. The van der Waals surface area contributed by atoms with Gasteiger partial charge in [0.2, 0.25) is 0 Å². The Morgan fingerprint density at radius 1 is 1.38 bits per heavy atom. The molecule has 1 aliphatic rings. The largest absolute Gasteiger partial charge is 0.490 e. The third-order valence-corrected chi connectivity index (χ3v) is 3.12. The zero-order valence-corrected chi connectivity index (χ0v) is 11.2. The summed E-state index contributed by atoms with van der Waals surface area (Å²) in [4.78, 5) is 3.68. The van der Waals surface area contributed by atoms with E-state index < -0.39 is 11.9 Å². The second-order valence-corrected chi connectivity index (χ2v) is 4.82. The highest BCUT2D eigenvalue weighted by Gasteiger charge is 2.35. The molecule has 4 nitrogen and oxygen atoms in total. The van der Waals surface area contributed by atoms with Gasteiger partial charge in [-0.2, -0.15) is 13.2 Å². The molecule has 0 amide bonds. The van der Waals surface area contributed by atoms with Crippen molar-refractivity contribution in [2.75, 3.05) is 13.2 Å². The zero-order chi connectivity index (χ0) is 15.0. The lowest BCUT2D eigenvalue weighted by molar-refractivity contribution is -0.140. The first-order chi connectivity index (χ1) is 9.95. The number of hydrogen-bond donors (Lipinski definition) is 0. The van der Waals surface area contributed by atoms with Gasteiger partial charge in [-0.25, -0.2) is 4.98 Å². The quantitative estimate of drug-likeness (QED) is 0.815. The van der Waals surface area contributed by atoms with Crippen LogP contribution in [0.15, 0.2) is 30.5 Å². The SMILES string of the molecule is Cn1cc(C(F)(F)F)nc1-c1ccccc1OCC1CO1. The Hall–Kier alpha value is -2.02.